The summed E-state index contributed by atoms with van der Waals surface area (Å²) < 4.78 is 11.2. The van der Waals surface area contributed by atoms with E-state index < -0.39 is 0 Å². The number of aromatic nitrogens is 1. The van der Waals surface area contributed by atoms with Crippen LogP contribution in [0.1, 0.15) is 11.5 Å². The summed E-state index contributed by atoms with van der Waals surface area (Å²) in [5, 5.41) is 3.63. The molecule has 1 heterocycles. The Labute approximate surface area is 177 Å². The molecule has 0 saturated carbocycles. The van der Waals surface area contributed by atoms with E-state index >= 15 is 0 Å². The lowest BCUT2D eigenvalue weighted by Crippen LogP contribution is -2.20. The first-order chi connectivity index (χ1) is 14.1. The van der Waals surface area contributed by atoms with Crippen molar-refractivity contribution in [3.63, 3.8) is 0 Å². The number of rotatable bonds is 6. The number of anilines is 1. The third-order valence-corrected chi connectivity index (χ3v) is 4.70. The van der Waals surface area contributed by atoms with Gasteiger partial charge in [0.05, 0.1) is 5.02 Å². The molecule has 0 aliphatic rings. The number of halogens is 2. The van der Waals surface area contributed by atoms with Gasteiger partial charge in [0.15, 0.2) is 18.1 Å². The third kappa shape index (κ3) is 4.88. The molecular formula is C22H16Cl2N2O3. The molecule has 0 aliphatic carbocycles. The number of hydrogen-bond donors (Lipinski definition) is 1. The van der Waals surface area contributed by atoms with Gasteiger partial charge in [-0.25, -0.2) is 4.98 Å². The number of fused-ring (bicyclic) bond motifs is 1. The average molecular weight is 427 g/mol. The van der Waals surface area contributed by atoms with Crippen molar-refractivity contribution in [3.05, 3.63) is 88.2 Å². The Morgan fingerprint density at radius 1 is 1.03 bits per heavy atom. The zero-order valence-corrected chi connectivity index (χ0v) is 16.7. The van der Waals surface area contributed by atoms with E-state index in [4.69, 9.17) is 32.4 Å². The van der Waals surface area contributed by atoms with E-state index in [2.05, 4.69) is 10.3 Å². The van der Waals surface area contributed by atoms with Crippen molar-refractivity contribution in [2.45, 2.75) is 6.42 Å². The minimum Gasteiger partial charge on any atom is -0.482 e. The van der Waals surface area contributed by atoms with Crippen molar-refractivity contribution in [2.75, 3.05) is 11.9 Å². The summed E-state index contributed by atoms with van der Waals surface area (Å²) in [6.07, 6.45) is 0.604. The van der Waals surface area contributed by atoms with Gasteiger partial charge < -0.3 is 14.5 Å². The number of hydrogen-bond acceptors (Lipinski definition) is 4. The van der Waals surface area contributed by atoms with Crippen molar-refractivity contribution in [2.24, 2.45) is 0 Å². The predicted octanol–water partition coefficient (Wildman–Crippen LogP) is 5.74. The summed E-state index contributed by atoms with van der Waals surface area (Å²) in [5.74, 6) is 0.697. The van der Waals surface area contributed by atoms with Crippen LogP contribution in [-0.4, -0.2) is 17.5 Å². The van der Waals surface area contributed by atoms with E-state index in [1.807, 2.05) is 30.3 Å². The van der Waals surface area contributed by atoms with Crippen LogP contribution in [0.25, 0.3) is 11.1 Å². The molecule has 0 saturated heterocycles. The van der Waals surface area contributed by atoms with Crippen LogP contribution in [0, 0.1) is 0 Å². The number of nitrogens with zero attached hydrogens (tertiary/aromatic N) is 1. The highest BCUT2D eigenvalue weighted by Crippen LogP contribution is 2.27. The summed E-state index contributed by atoms with van der Waals surface area (Å²) in [4.78, 5) is 16.7. The largest absolute Gasteiger partial charge is 0.482 e. The summed E-state index contributed by atoms with van der Waals surface area (Å²) in [7, 11) is 0. The van der Waals surface area contributed by atoms with Crippen LogP contribution >= 0.6 is 23.2 Å². The maximum Gasteiger partial charge on any atom is 0.262 e. The molecule has 5 nitrogen and oxygen atoms in total. The van der Waals surface area contributed by atoms with E-state index in [1.165, 1.54) is 0 Å². The quantitative estimate of drug-likeness (QED) is 0.426. The SMILES string of the molecule is O=C(COc1ccc(Cl)cc1Cl)Nc1ccc2oc(Cc3ccccc3)nc2c1. The highest BCUT2D eigenvalue weighted by molar-refractivity contribution is 6.35. The fourth-order valence-electron chi connectivity index (χ4n) is 2.83. The van der Waals surface area contributed by atoms with Crippen molar-refractivity contribution in [1.82, 2.24) is 4.98 Å². The lowest BCUT2D eigenvalue weighted by Gasteiger charge is -2.09. The fraction of sp³-hybridized carbons (Fsp3) is 0.0909. The zero-order chi connectivity index (χ0) is 20.2. The van der Waals surface area contributed by atoms with Crippen LogP contribution in [0.4, 0.5) is 5.69 Å². The lowest BCUT2D eigenvalue weighted by molar-refractivity contribution is -0.118. The molecule has 4 rings (SSSR count). The zero-order valence-electron chi connectivity index (χ0n) is 15.2. The average Bonchev–Trinajstić information content (AvgIpc) is 3.09. The van der Waals surface area contributed by atoms with Gasteiger partial charge in [0.2, 0.25) is 0 Å². The molecule has 0 unspecified atom stereocenters. The summed E-state index contributed by atoms with van der Waals surface area (Å²) in [6, 6.07) is 20.1. The second kappa shape index (κ2) is 8.55. The molecule has 1 aromatic heterocycles. The Morgan fingerprint density at radius 3 is 2.66 bits per heavy atom. The van der Waals surface area contributed by atoms with E-state index in [0.717, 1.165) is 5.56 Å². The topological polar surface area (TPSA) is 64.4 Å². The summed E-state index contributed by atoms with van der Waals surface area (Å²) in [6.45, 7) is -0.183. The van der Waals surface area contributed by atoms with Gasteiger partial charge in [-0.15, -0.1) is 0 Å². The van der Waals surface area contributed by atoms with Gasteiger partial charge in [0.1, 0.15) is 11.3 Å². The molecule has 146 valence electrons. The van der Waals surface area contributed by atoms with E-state index in [-0.39, 0.29) is 12.5 Å². The molecule has 0 bridgehead atoms. The molecular weight excluding hydrogens is 411 g/mol. The molecule has 0 atom stereocenters. The van der Waals surface area contributed by atoms with Crippen LogP contribution < -0.4 is 10.1 Å². The van der Waals surface area contributed by atoms with Gasteiger partial charge in [-0.1, -0.05) is 53.5 Å². The van der Waals surface area contributed by atoms with Crippen molar-refractivity contribution in [1.29, 1.82) is 0 Å². The van der Waals surface area contributed by atoms with Crippen molar-refractivity contribution >= 4 is 45.9 Å². The molecule has 4 aromatic rings. The van der Waals surface area contributed by atoms with Crippen LogP contribution in [0.5, 0.6) is 5.75 Å². The van der Waals surface area contributed by atoms with Crippen molar-refractivity contribution in [3.8, 4) is 5.75 Å². The third-order valence-electron chi connectivity index (χ3n) is 4.17. The Balaban J connectivity index is 1.40. The van der Waals surface area contributed by atoms with Gasteiger partial charge in [0.25, 0.3) is 5.91 Å². The van der Waals surface area contributed by atoms with E-state index in [9.17, 15) is 4.79 Å². The van der Waals surface area contributed by atoms with Gasteiger partial charge in [-0.3, -0.25) is 4.79 Å². The van der Waals surface area contributed by atoms with Crippen LogP contribution in [-0.2, 0) is 11.2 Å². The Hall–Kier alpha value is -3.02. The number of benzene rings is 3. The molecule has 1 amide bonds. The monoisotopic (exact) mass is 426 g/mol. The van der Waals surface area contributed by atoms with Crippen LogP contribution in [0.2, 0.25) is 10.0 Å². The number of carbonyl (C=O) groups is 1. The molecule has 1 N–H and O–H groups in total. The number of ether oxygens (including phenoxy) is 1. The fourth-order valence-corrected chi connectivity index (χ4v) is 3.29. The molecule has 29 heavy (non-hydrogen) atoms. The maximum absolute atomic E-state index is 12.2. The second-order valence-corrected chi connectivity index (χ2v) is 7.21. The molecule has 0 fully saturated rings. The molecule has 0 radical (unpaired) electrons. The van der Waals surface area contributed by atoms with Crippen molar-refractivity contribution < 1.29 is 13.9 Å². The molecule has 3 aromatic carbocycles. The van der Waals surface area contributed by atoms with E-state index in [1.54, 1.807) is 36.4 Å². The van der Waals surface area contributed by atoms with Crippen LogP contribution in [0.15, 0.2) is 71.1 Å². The highest BCUT2D eigenvalue weighted by atomic mass is 35.5. The first-order valence-corrected chi connectivity index (χ1v) is 9.63. The van der Waals surface area contributed by atoms with Gasteiger partial charge in [-0.2, -0.15) is 0 Å². The Morgan fingerprint density at radius 2 is 1.86 bits per heavy atom. The molecule has 0 aliphatic heterocycles. The standard InChI is InChI=1S/C22H16Cl2N2O3/c23-15-6-8-19(17(24)11-15)28-13-21(27)25-16-7-9-20-18(12-16)26-22(29-20)10-14-4-2-1-3-5-14/h1-9,11-12H,10,13H2,(H,25,27). The number of amides is 1. The maximum atomic E-state index is 12.2. The molecule has 7 heteroatoms. The normalized spacial score (nSPS) is 10.8. The summed E-state index contributed by atoms with van der Waals surface area (Å²) >= 11 is 11.9. The van der Waals surface area contributed by atoms with Gasteiger partial charge in [-0.05, 0) is 42.0 Å². The second-order valence-electron chi connectivity index (χ2n) is 6.36. The number of nitrogens with one attached hydrogen (secondary N) is 1. The highest BCUT2D eigenvalue weighted by Gasteiger charge is 2.10. The van der Waals surface area contributed by atoms with Gasteiger partial charge in [0, 0.05) is 17.1 Å². The van der Waals surface area contributed by atoms with E-state index in [0.29, 0.717) is 44.9 Å². The lowest BCUT2D eigenvalue weighted by atomic mass is 10.1. The Kier molecular flexibility index (Phi) is 5.69. The first kappa shape index (κ1) is 19.3. The molecule has 0 spiro atoms. The number of carbonyl (C=O) groups excluding carboxylic acids is 1. The predicted molar refractivity (Wildman–Crippen MR) is 114 cm³/mol. The minimum atomic E-state index is -0.316. The smallest absolute Gasteiger partial charge is 0.262 e. The Bertz CT molecular complexity index is 1160. The van der Waals surface area contributed by atoms with Crippen LogP contribution in [0.3, 0.4) is 0 Å². The minimum absolute atomic E-state index is 0.183. The summed E-state index contributed by atoms with van der Waals surface area (Å²) in [5.41, 5.74) is 3.06. The number of oxazole rings is 1. The van der Waals surface area contributed by atoms with Gasteiger partial charge >= 0.3 is 0 Å². The first-order valence-electron chi connectivity index (χ1n) is 8.88.